The van der Waals surface area contributed by atoms with Crippen LogP contribution in [-0.4, -0.2) is 50.0 Å². The second-order valence-corrected chi connectivity index (χ2v) is 13.3. The molecular weight excluding hydrogens is 554 g/mol. The molecule has 2 aliphatic carbocycles. The normalized spacial score (nSPS) is 25.8. The molecule has 3 fully saturated rings. The number of nitrogens with one attached hydrogen (secondary N) is 2. The molecule has 2 aliphatic heterocycles. The van der Waals surface area contributed by atoms with Gasteiger partial charge in [0.2, 0.25) is 12.7 Å². The van der Waals surface area contributed by atoms with Crippen molar-refractivity contribution in [3.63, 3.8) is 0 Å². The van der Waals surface area contributed by atoms with E-state index in [1.165, 1.54) is 38.5 Å². The SMILES string of the molecule is [O-][S+](C1CCC(C2CCCC2)CC1)N1CCC(Nc2ncc(Br)c(Nc3cccc4c3OCO4)n2)CC1. The quantitative estimate of drug-likeness (QED) is 0.380. The summed E-state index contributed by atoms with van der Waals surface area (Å²) in [7, 11) is 0. The average molecular weight is 591 g/mol. The average Bonchev–Trinajstić information content (AvgIpc) is 3.64. The van der Waals surface area contributed by atoms with E-state index in [1.54, 1.807) is 6.20 Å². The van der Waals surface area contributed by atoms with E-state index >= 15 is 0 Å². The summed E-state index contributed by atoms with van der Waals surface area (Å²) in [6.45, 7) is 1.92. The molecule has 0 amide bonds. The smallest absolute Gasteiger partial charge is 0.231 e. The third-order valence-electron chi connectivity index (χ3n) is 8.51. The molecule has 2 aromatic rings. The summed E-state index contributed by atoms with van der Waals surface area (Å²) in [4.78, 5) is 9.18. The van der Waals surface area contributed by atoms with Crippen molar-refractivity contribution >= 4 is 44.7 Å². The van der Waals surface area contributed by atoms with E-state index in [1.807, 2.05) is 18.2 Å². The van der Waals surface area contributed by atoms with Crippen molar-refractivity contribution < 1.29 is 14.0 Å². The molecule has 1 unspecified atom stereocenters. The lowest BCUT2D eigenvalue weighted by Gasteiger charge is -2.38. The van der Waals surface area contributed by atoms with Crippen LogP contribution in [0.25, 0.3) is 0 Å². The van der Waals surface area contributed by atoms with Crippen LogP contribution >= 0.6 is 15.9 Å². The number of nitrogens with zero attached hydrogens (tertiary/aromatic N) is 3. The van der Waals surface area contributed by atoms with Gasteiger partial charge in [0.15, 0.2) is 11.5 Å². The number of piperidine rings is 1. The van der Waals surface area contributed by atoms with Crippen LogP contribution in [-0.2, 0) is 11.4 Å². The fourth-order valence-electron chi connectivity index (χ4n) is 6.44. The van der Waals surface area contributed by atoms with Crippen LogP contribution in [0, 0.1) is 11.8 Å². The molecule has 8 nitrogen and oxygen atoms in total. The Morgan fingerprint density at radius 3 is 2.51 bits per heavy atom. The molecule has 4 aliphatic rings. The number of halogens is 1. The molecule has 1 atom stereocenters. The Morgan fingerprint density at radius 2 is 1.73 bits per heavy atom. The van der Waals surface area contributed by atoms with Crippen molar-refractivity contribution in [2.24, 2.45) is 11.8 Å². The van der Waals surface area contributed by atoms with Gasteiger partial charge in [0.25, 0.3) is 0 Å². The topological polar surface area (TPSA) is 94.6 Å². The molecule has 0 radical (unpaired) electrons. The number of para-hydroxylation sites is 1. The van der Waals surface area contributed by atoms with Gasteiger partial charge >= 0.3 is 0 Å². The van der Waals surface area contributed by atoms with Gasteiger partial charge in [0.1, 0.15) is 11.1 Å². The minimum atomic E-state index is -0.864. The highest BCUT2D eigenvalue weighted by atomic mass is 79.9. The molecule has 6 rings (SSSR count). The van der Waals surface area contributed by atoms with Crippen LogP contribution in [0.4, 0.5) is 17.5 Å². The van der Waals surface area contributed by atoms with Gasteiger partial charge in [-0.25, -0.2) is 4.98 Å². The van der Waals surface area contributed by atoms with Crippen LogP contribution in [0.3, 0.4) is 0 Å². The molecule has 2 N–H and O–H groups in total. The lowest BCUT2D eigenvalue weighted by Crippen LogP contribution is -2.47. The Hall–Kier alpha value is -1.75. The van der Waals surface area contributed by atoms with Crippen molar-refractivity contribution in [2.45, 2.75) is 75.5 Å². The van der Waals surface area contributed by atoms with E-state index < -0.39 is 11.4 Å². The Balaban J connectivity index is 1.00. The highest BCUT2D eigenvalue weighted by Gasteiger charge is 2.38. The van der Waals surface area contributed by atoms with E-state index in [0.717, 1.165) is 66.5 Å². The van der Waals surface area contributed by atoms with Gasteiger partial charge in [-0.1, -0.05) is 31.7 Å². The monoisotopic (exact) mass is 589 g/mol. The molecule has 0 bridgehead atoms. The first kappa shape index (κ1) is 25.5. The lowest BCUT2D eigenvalue weighted by molar-refractivity contribution is 0.174. The number of anilines is 3. The maximum absolute atomic E-state index is 13.3. The Labute approximate surface area is 230 Å². The highest BCUT2D eigenvalue weighted by molar-refractivity contribution is 9.10. The van der Waals surface area contributed by atoms with Gasteiger partial charge in [0, 0.05) is 36.7 Å². The fourth-order valence-corrected chi connectivity index (χ4v) is 8.40. The largest absolute Gasteiger partial charge is 0.598 e. The summed E-state index contributed by atoms with van der Waals surface area (Å²) < 4.78 is 27.4. The van der Waals surface area contributed by atoms with Gasteiger partial charge in [-0.15, -0.1) is 4.31 Å². The predicted molar refractivity (Wildman–Crippen MR) is 150 cm³/mol. The number of hydrogen-bond donors (Lipinski definition) is 2. The second kappa shape index (κ2) is 11.6. The predicted octanol–water partition coefficient (Wildman–Crippen LogP) is 6.00. The first-order chi connectivity index (χ1) is 18.1. The summed E-state index contributed by atoms with van der Waals surface area (Å²) in [6.07, 6.45) is 14.1. The number of rotatable bonds is 7. The zero-order valence-electron chi connectivity index (χ0n) is 21.2. The van der Waals surface area contributed by atoms with Crippen LogP contribution < -0.4 is 20.1 Å². The van der Waals surface area contributed by atoms with Crippen molar-refractivity contribution in [3.05, 3.63) is 28.9 Å². The molecule has 1 aromatic carbocycles. The molecular formula is C27H36BrN5O3S. The maximum atomic E-state index is 13.3. The summed E-state index contributed by atoms with van der Waals surface area (Å²) in [5.41, 5.74) is 0.799. The Bertz CT molecular complexity index is 1070. The fraction of sp³-hybridized carbons (Fsp3) is 0.630. The van der Waals surface area contributed by atoms with Crippen molar-refractivity contribution in [1.29, 1.82) is 0 Å². The minimum absolute atomic E-state index is 0.219. The molecule has 200 valence electrons. The van der Waals surface area contributed by atoms with Crippen molar-refractivity contribution in [2.75, 3.05) is 30.5 Å². The summed E-state index contributed by atoms with van der Waals surface area (Å²) >= 11 is 2.69. The minimum Gasteiger partial charge on any atom is -0.598 e. The van der Waals surface area contributed by atoms with Gasteiger partial charge in [0.05, 0.1) is 10.2 Å². The Morgan fingerprint density at radius 1 is 0.973 bits per heavy atom. The van der Waals surface area contributed by atoms with E-state index in [2.05, 4.69) is 35.9 Å². The second-order valence-electron chi connectivity index (χ2n) is 10.8. The first-order valence-electron chi connectivity index (χ1n) is 13.7. The number of benzene rings is 1. The summed E-state index contributed by atoms with van der Waals surface area (Å²) in [6, 6.07) is 6.00. The molecule has 0 spiro atoms. The standard InChI is InChI=1S/C27H36BrN5O3S/c28-22-16-29-27(32-26(22)31-23-6-3-7-24-25(23)36-17-35-24)30-20-12-14-33(15-13-20)37(34)21-10-8-19(9-11-21)18-4-1-2-5-18/h3,6-7,16,18-21H,1-2,4-5,8-15,17H2,(H2,29,30,31,32). The van der Waals surface area contributed by atoms with Gasteiger partial charge in [-0.2, -0.15) is 4.98 Å². The molecule has 3 heterocycles. The molecule has 1 saturated heterocycles. The van der Waals surface area contributed by atoms with E-state index in [4.69, 9.17) is 14.5 Å². The maximum Gasteiger partial charge on any atom is 0.231 e. The number of aromatic nitrogens is 2. The third-order valence-corrected chi connectivity index (χ3v) is 11.0. The van der Waals surface area contributed by atoms with Crippen molar-refractivity contribution in [1.82, 2.24) is 14.3 Å². The van der Waals surface area contributed by atoms with E-state index in [0.29, 0.717) is 22.8 Å². The van der Waals surface area contributed by atoms with Crippen LogP contribution in [0.5, 0.6) is 11.5 Å². The van der Waals surface area contributed by atoms with Crippen LogP contribution in [0.1, 0.15) is 64.2 Å². The molecule has 37 heavy (non-hydrogen) atoms. The number of hydrogen-bond acceptors (Lipinski definition) is 8. The highest BCUT2D eigenvalue weighted by Crippen LogP contribution is 2.42. The van der Waals surface area contributed by atoms with Gasteiger partial charge in [-0.3, -0.25) is 0 Å². The number of ether oxygens (including phenoxy) is 2. The molecule has 10 heteroatoms. The van der Waals surface area contributed by atoms with Crippen molar-refractivity contribution in [3.8, 4) is 11.5 Å². The van der Waals surface area contributed by atoms with Crippen LogP contribution in [0.2, 0.25) is 0 Å². The zero-order valence-corrected chi connectivity index (χ0v) is 23.6. The molecule has 2 saturated carbocycles. The Kier molecular flexibility index (Phi) is 7.97. The van der Waals surface area contributed by atoms with E-state index in [9.17, 15) is 4.55 Å². The van der Waals surface area contributed by atoms with Gasteiger partial charge < -0.3 is 24.7 Å². The van der Waals surface area contributed by atoms with Gasteiger partial charge in [-0.05, 0) is 78.4 Å². The van der Waals surface area contributed by atoms with Crippen LogP contribution in [0.15, 0.2) is 28.9 Å². The molecule has 1 aromatic heterocycles. The third kappa shape index (κ3) is 5.82. The lowest BCUT2D eigenvalue weighted by atomic mass is 9.79. The summed E-state index contributed by atoms with van der Waals surface area (Å²) in [5, 5.41) is 7.18. The summed E-state index contributed by atoms with van der Waals surface area (Å²) in [5.74, 6) is 4.49. The zero-order chi connectivity index (χ0) is 25.2. The first-order valence-corrected chi connectivity index (χ1v) is 15.7. The number of fused-ring (bicyclic) bond motifs is 1. The van der Waals surface area contributed by atoms with E-state index in [-0.39, 0.29) is 12.8 Å².